The second kappa shape index (κ2) is 5.70. The first kappa shape index (κ1) is 13.5. The number of carbonyl (C=O) groups is 1. The van der Waals surface area contributed by atoms with E-state index in [1.54, 1.807) is 13.0 Å². The summed E-state index contributed by atoms with van der Waals surface area (Å²) < 4.78 is 38.4. The van der Waals surface area contributed by atoms with Crippen molar-refractivity contribution in [1.82, 2.24) is 5.32 Å². The van der Waals surface area contributed by atoms with Crippen LogP contribution in [-0.2, 0) is 4.79 Å². The molecule has 17 heavy (non-hydrogen) atoms. The van der Waals surface area contributed by atoms with Crippen LogP contribution >= 0.6 is 0 Å². The predicted octanol–water partition coefficient (Wildman–Crippen LogP) is 3.21. The average molecular weight is 245 g/mol. The Morgan fingerprint density at radius 3 is 2.35 bits per heavy atom. The van der Waals surface area contributed by atoms with E-state index < -0.39 is 18.1 Å². The lowest BCUT2D eigenvalue weighted by atomic mass is 10.1. The van der Waals surface area contributed by atoms with Crippen molar-refractivity contribution in [3.05, 3.63) is 35.9 Å². The van der Waals surface area contributed by atoms with Crippen molar-refractivity contribution in [3.8, 4) is 0 Å². The van der Waals surface area contributed by atoms with E-state index >= 15 is 0 Å². The summed E-state index contributed by atoms with van der Waals surface area (Å²) in [6.07, 6.45) is -3.87. The van der Waals surface area contributed by atoms with Gasteiger partial charge < -0.3 is 5.32 Å². The largest absolute Gasteiger partial charge is 0.412 e. The second-order valence-corrected chi connectivity index (χ2v) is 3.70. The Balaban J connectivity index is 2.87. The van der Waals surface area contributed by atoms with E-state index in [1.807, 2.05) is 5.32 Å². The summed E-state index contributed by atoms with van der Waals surface area (Å²) in [4.78, 5) is 11.3. The molecule has 0 aliphatic carbocycles. The zero-order chi connectivity index (χ0) is 12.9. The van der Waals surface area contributed by atoms with Crippen molar-refractivity contribution in [2.75, 3.05) is 0 Å². The van der Waals surface area contributed by atoms with Gasteiger partial charge in [-0.2, -0.15) is 13.2 Å². The molecule has 0 saturated carbocycles. The van der Waals surface area contributed by atoms with Gasteiger partial charge in [0, 0.05) is 6.42 Å². The quantitative estimate of drug-likeness (QED) is 0.867. The van der Waals surface area contributed by atoms with Crippen LogP contribution in [0.1, 0.15) is 31.4 Å². The molecule has 0 saturated heterocycles. The number of amides is 1. The number of halogens is 3. The number of hydrogen-bond acceptors (Lipinski definition) is 1. The Morgan fingerprint density at radius 1 is 1.29 bits per heavy atom. The van der Waals surface area contributed by atoms with E-state index in [-0.39, 0.29) is 12.0 Å². The lowest BCUT2D eigenvalue weighted by Crippen LogP contribution is -2.37. The van der Waals surface area contributed by atoms with Crippen molar-refractivity contribution in [2.24, 2.45) is 0 Å². The smallest absolute Gasteiger partial charge is 0.341 e. The van der Waals surface area contributed by atoms with Crippen LogP contribution in [0.3, 0.4) is 0 Å². The highest BCUT2D eigenvalue weighted by Gasteiger charge is 2.41. The molecule has 1 aromatic rings. The maximum atomic E-state index is 12.8. The molecule has 0 aliphatic heterocycles. The fourth-order valence-electron chi connectivity index (χ4n) is 1.46. The van der Waals surface area contributed by atoms with Gasteiger partial charge in [0.15, 0.2) is 6.04 Å². The van der Waals surface area contributed by atoms with Crippen LogP contribution in [-0.4, -0.2) is 12.1 Å². The first-order chi connectivity index (χ1) is 7.95. The fourth-order valence-corrected chi connectivity index (χ4v) is 1.46. The van der Waals surface area contributed by atoms with Gasteiger partial charge in [-0.15, -0.1) is 0 Å². The van der Waals surface area contributed by atoms with Crippen molar-refractivity contribution in [3.63, 3.8) is 0 Å². The molecule has 0 radical (unpaired) electrons. The highest BCUT2D eigenvalue weighted by atomic mass is 19.4. The third-order valence-electron chi connectivity index (χ3n) is 2.24. The summed E-state index contributed by atoms with van der Waals surface area (Å²) in [6, 6.07) is 5.43. The summed E-state index contributed by atoms with van der Waals surface area (Å²) in [6.45, 7) is 1.74. The van der Waals surface area contributed by atoms with E-state index in [9.17, 15) is 18.0 Å². The Morgan fingerprint density at radius 2 is 1.88 bits per heavy atom. The SMILES string of the molecule is CCCC(=O)N[C@@H](c1ccccc1)C(F)(F)F. The maximum absolute atomic E-state index is 12.8. The van der Waals surface area contributed by atoms with Crippen LogP contribution < -0.4 is 5.32 Å². The topological polar surface area (TPSA) is 29.1 Å². The van der Waals surface area contributed by atoms with Crippen molar-refractivity contribution < 1.29 is 18.0 Å². The first-order valence-corrected chi connectivity index (χ1v) is 5.36. The third-order valence-corrected chi connectivity index (χ3v) is 2.24. The van der Waals surface area contributed by atoms with Gasteiger partial charge in [-0.25, -0.2) is 0 Å². The van der Waals surface area contributed by atoms with Crippen LogP contribution in [0, 0.1) is 0 Å². The minimum atomic E-state index is -4.48. The van der Waals surface area contributed by atoms with Crippen LogP contribution in [0.25, 0.3) is 0 Å². The number of nitrogens with one attached hydrogen (secondary N) is 1. The molecule has 1 aromatic carbocycles. The standard InChI is InChI=1S/C12H14F3NO/c1-2-6-10(17)16-11(12(13,14)15)9-7-4-3-5-8-9/h3-5,7-8,11H,2,6H2,1H3,(H,16,17)/t11-/m0/s1. The Labute approximate surface area is 97.8 Å². The maximum Gasteiger partial charge on any atom is 0.412 e. The van der Waals surface area contributed by atoms with Gasteiger partial charge >= 0.3 is 6.18 Å². The lowest BCUT2D eigenvalue weighted by Gasteiger charge is -2.21. The Bertz CT molecular complexity index is 362. The second-order valence-electron chi connectivity index (χ2n) is 3.70. The normalized spacial score (nSPS) is 13.2. The molecule has 1 amide bonds. The number of hydrogen-bond donors (Lipinski definition) is 1. The van der Waals surface area contributed by atoms with Crippen LogP contribution in [0.15, 0.2) is 30.3 Å². The molecule has 0 aliphatic rings. The molecule has 1 N–H and O–H groups in total. The molecule has 0 fully saturated rings. The highest BCUT2D eigenvalue weighted by molar-refractivity contribution is 5.76. The summed E-state index contributed by atoms with van der Waals surface area (Å²) in [5.41, 5.74) is 0.0458. The zero-order valence-corrected chi connectivity index (χ0v) is 9.42. The summed E-state index contributed by atoms with van der Waals surface area (Å²) in [5.74, 6) is -0.585. The minimum Gasteiger partial charge on any atom is -0.341 e. The number of rotatable bonds is 4. The monoisotopic (exact) mass is 245 g/mol. The molecular formula is C12H14F3NO. The molecule has 2 nitrogen and oxygen atoms in total. The minimum absolute atomic E-state index is 0.0458. The van der Waals surface area contributed by atoms with Gasteiger partial charge in [0.1, 0.15) is 0 Å². The van der Waals surface area contributed by atoms with Gasteiger partial charge in [-0.05, 0) is 12.0 Å². The van der Waals surface area contributed by atoms with E-state index in [4.69, 9.17) is 0 Å². The van der Waals surface area contributed by atoms with E-state index in [0.29, 0.717) is 6.42 Å². The van der Waals surface area contributed by atoms with Gasteiger partial charge in [-0.3, -0.25) is 4.79 Å². The fraction of sp³-hybridized carbons (Fsp3) is 0.417. The van der Waals surface area contributed by atoms with E-state index in [1.165, 1.54) is 24.3 Å². The summed E-state index contributed by atoms with van der Waals surface area (Å²) in [5, 5.41) is 2.01. The summed E-state index contributed by atoms with van der Waals surface area (Å²) >= 11 is 0. The molecule has 1 rings (SSSR count). The van der Waals surface area contributed by atoms with Crippen molar-refractivity contribution >= 4 is 5.91 Å². The molecular weight excluding hydrogens is 231 g/mol. The van der Waals surface area contributed by atoms with Gasteiger partial charge in [0.25, 0.3) is 0 Å². The number of alkyl halides is 3. The van der Waals surface area contributed by atoms with Crippen LogP contribution in [0.4, 0.5) is 13.2 Å². The van der Waals surface area contributed by atoms with Crippen LogP contribution in [0.2, 0.25) is 0 Å². The third kappa shape index (κ3) is 4.09. The lowest BCUT2D eigenvalue weighted by molar-refractivity contribution is -0.163. The Kier molecular flexibility index (Phi) is 4.54. The molecule has 0 unspecified atom stereocenters. The first-order valence-electron chi connectivity index (χ1n) is 5.36. The van der Waals surface area contributed by atoms with Gasteiger partial charge in [-0.1, -0.05) is 37.3 Å². The molecule has 94 valence electrons. The zero-order valence-electron chi connectivity index (χ0n) is 9.42. The number of benzene rings is 1. The van der Waals surface area contributed by atoms with Crippen molar-refractivity contribution in [2.45, 2.75) is 32.0 Å². The van der Waals surface area contributed by atoms with Gasteiger partial charge in [0.2, 0.25) is 5.91 Å². The van der Waals surface area contributed by atoms with Crippen molar-refractivity contribution in [1.29, 1.82) is 0 Å². The predicted molar refractivity (Wildman–Crippen MR) is 58.3 cm³/mol. The molecule has 1 atom stereocenters. The average Bonchev–Trinajstić information content (AvgIpc) is 2.26. The molecule has 5 heteroatoms. The summed E-state index contributed by atoms with van der Waals surface area (Å²) in [7, 11) is 0. The van der Waals surface area contributed by atoms with E-state index in [0.717, 1.165) is 0 Å². The molecule has 0 spiro atoms. The van der Waals surface area contributed by atoms with Gasteiger partial charge in [0.05, 0.1) is 0 Å². The van der Waals surface area contributed by atoms with Crippen LogP contribution in [0.5, 0.6) is 0 Å². The molecule has 0 bridgehead atoms. The Hall–Kier alpha value is -1.52. The number of carbonyl (C=O) groups excluding carboxylic acids is 1. The van der Waals surface area contributed by atoms with E-state index in [2.05, 4.69) is 0 Å². The molecule has 0 heterocycles. The molecule has 0 aromatic heterocycles. The highest BCUT2D eigenvalue weighted by Crippen LogP contribution is 2.32.